The molecule has 0 aromatic carbocycles. The molecule has 0 heterocycles. The fraction of sp³-hybridized carbons (Fsp3) is 0.909. The molecule has 0 aromatic rings. The van der Waals surface area contributed by atoms with E-state index < -0.39 is 0 Å². The number of rotatable bonds is 9. The van der Waals surface area contributed by atoms with Gasteiger partial charge in [0.05, 0.1) is 0 Å². The summed E-state index contributed by atoms with van der Waals surface area (Å²) < 4.78 is 0. The van der Waals surface area contributed by atoms with E-state index in [1.807, 2.05) is 18.7 Å². The van der Waals surface area contributed by atoms with Crippen molar-refractivity contribution in [2.24, 2.45) is 16.8 Å². The molecule has 96 valence electrons. The van der Waals surface area contributed by atoms with Crippen molar-refractivity contribution in [2.45, 2.75) is 27.2 Å². The van der Waals surface area contributed by atoms with Crippen LogP contribution in [0.5, 0.6) is 0 Å². The van der Waals surface area contributed by atoms with Crippen LogP contribution in [0.1, 0.15) is 27.2 Å². The highest BCUT2D eigenvalue weighted by atomic mass is 32.2. The van der Waals surface area contributed by atoms with Gasteiger partial charge in [0.25, 0.3) is 0 Å². The smallest absolute Gasteiger partial charge is 0.143 e. The van der Waals surface area contributed by atoms with Gasteiger partial charge >= 0.3 is 0 Å². The molecule has 0 fully saturated rings. The Kier molecular flexibility index (Phi) is 9.52. The minimum absolute atomic E-state index is 0.115. The first kappa shape index (κ1) is 15.6. The van der Waals surface area contributed by atoms with E-state index in [4.69, 9.17) is 10.9 Å². The first-order chi connectivity index (χ1) is 7.65. The summed E-state index contributed by atoms with van der Waals surface area (Å²) in [6.45, 7) is 9.28. The highest BCUT2D eigenvalue weighted by Crippen LogP contribution is 2.05. The summed E-state index contributed by atoms with van der Waals surface area (Å²) in [5.41, 5.74) is 5.57. The summed E-state index contributed by atoms with van der Waals surface area (Å²) in [6, 6.07) is 0. The first-order valence-electron chi connectivity index (χ1n) is 5.93. The summed E-state index contributed by atoms with van der Waals surface area (Å²) in [4.78, 5) is 2.35. The van der Waals surface area contributed by atoms with Crippen molar-refractivity contribution in [1.29, 1.82) is 0 Å². The quantitative estimate of drug-likeness (QED) is 0.214. The second kappa shape index (κ2) is 9.78. The van der Waals surface area contributed by atoms with Crippen LogP contribution in [0.3, 0.4) is 0 Å². The molecule has 0 spiro atoms. The van der Waals surface area contributed by atoms with E-state index in [1.54, 1.807) is 0 Å². The molecule has 0 aliphatic rings. The van der Waals surface area contributed by atoms with Crippen LogP contribution in [-0.4, -0.2) is 47.1 Å². The van der Waals surface area contributed by atoms with Gasteiger partial charge in [0.1, 0.15) is 5.84 Å². The average molecular weight is 247 g/mol. The molecule has 0 aromatic heterocycles. The summed E-state index contributed by atoms with van der Waals surface area (Å²) in [6.07, 6.45) is 1.20. The molecule has 0 saturated carbocycles. The van der Waals surface area contributed by atoms with Gasteiger partial charge in [-0.25, -0.2) is 0 Å². The number of oxime groups is 1. The average Bonchev–Trinajstić information content (AvgIpc) is 2.31. The molecule has 3 N–H and O–H groups in total. The Morgan fingerprint density at radius 2 is 2.19 bits per heavy atom. The Labute approximate surface area is 103 Å². The maximum Gasteiger partial charge on any atom is 0.143 e. The summed E-state index contributed by atoms with van der Waals surface area (Å²) in [5.74, 6) is 2.84. The lowest BCUT2D eigenvalue weighted by Gasteiger charge is -2.23. The van der Waals surface area contributed by atoms with Gasteiger partial charge in [-0.05, 0) is 31.0 Å². The third kappa shape index (κ3) is 6.95. The largest absolute Gasteiger partial charge is 0.409 e. The summed E-state index contributed by atoms with van der Waals surface area (Å²) in [7, 11) is 0. The van der Waals surface area contributed by atoms with Gasteiger partial charge in [-0.1, -0.05) is 25.9 Å². The van der Waals surface area contributed by atoms with Crippen LogP contribution >= 0.6 is 11.8 Å². The SMILES string of the molecule is CCSCCCN(CC)CC(C)C(N)=NO. The number of nitrogens with zero attached hydrogens (tertiary/aromatic N) is 2. The highest BCUT2D eigenvalue weighted by molar-refractivity contribution is 7.99. The lowest BCUT2D eigenvalue weighted by molar-refractivity contribution is 0.266. The molecule has 16 heavy (non-hydrogen) atoms. The maximum absolute atomic E-state index is 8.58. The Balaban J connectivity index is 3.82. The Bertz CT molecular complexity index is 200. The lowest BCUT2D eigenvalue weighted by Crippen LogP contribution is -2.35. The van der Waals surface area contributed by atoms with Crippen LogP contribution in [0.2, 0.25) is 0 Å². The van der Waals surface area contributed by atoms with Crippen LogP contribution in [0, 0.1) is 5.92 Å². The van der Waals surface area contributed by atoms with E-state index in [9.17, 15) is 0 Å². The number of hydrogen-bond donors (Lipinski definition) is 2. The van der Waals surface area contributed by atoms with Gasteiger partial charge in [-0.3, -0.25) is 0 Å². The number of hydrogen-bond acceptors (Lipinski definition) is 4. The fourth-order valence-electron chi connectivity index (χ4n) is 1.49. The van der Waals surface area contributed by atoms with E-state index in [1.165, 1.54) is 17.9 Å². The molecular formula is C11H25N3OS. The van der Waals surface area contributed by atoms with Crippen molar-refractivity contribution in [3.63, 3.8) is 0 Å². The molecule has 5 heteroatoms. The van der Waals surface area contributed by atoms with Crippen LogP contribution < -0.4 is 5.73 Å². The fourth-order valence-corrected chi connectivity index (χ4v) is 2.11. The van der Waals surface area contributed by atoms with Crippen LogP contribution in [0.25, 0.3) is 0 Å². The van der Waals surface area contributed by atoms with Crippen LogP contribution in [0.15, 0.2) is 5.16 Å². The van der Waals surface area contributed by atoms with Gasteiger partial charge in [-0.15, -0.1) is 0 Å². The van der Waals surface area contributed by atoms with Crippen molar-refractivity contribution in [3.05, 3.63) is 0 Å². The molecule has 0 saturated heterocycles. The standard InChI is InChI=1S/C11H25N3OS/c1-4-14(7-6-8-16-5-2)9-10(3)11(12)13-15/h10,15H,4-9H2,1-3H3,(H2,12,13). The molecule has 4 nitrogen and oxygen atoms in total. The predicted molar refractivity (Wildman–Crippen MR) is 72.3 cm³/mol. The van der Waals surface area contributed by atoms with Crippen molar-refractivity contribution < 1.29 is 5.21 Å². The van der Waals surface area contributed by atoms with Crippen molar-refractivity contribution in [3.8, 4) is 0 Å². The molecule has 0 radical (unpaired) electrons. The van der Waals surface area contributed by atoms with Gasteiger partial charge in [0.2, 0.25) is 0 Å². The van der Waals surface area contributed by atoms with Gasteiger partial charge in [0.15, 0.2) is 0 Å². The zero-order valence-corrected chi connectivity index (χ0v) is 11.5. The minimum Gasteiger partial charge on any atom is -0.409 e. The van der Waals surface area contributed by atoms with Gasteiger partial charge in [0, 0.05) is 12.5 Å². The van der Waals surface area contributed by atoms with Crippen LogP contribution in [0.4, 0.5) is 0 Å². The van der Waals surface area contributed by atoms with Crippen LogP contribution in [-0.2, 0) is 0 Å². The zero-order valence-electron chi connectivity index (χ0n) is 10.6. The van der Waals surface area contributed by atoms with Gasteiger partial charge < -0.3 is 15.8 Å². The molecule has 0 amide bonds. The molecule has 0 bridgehead atoms. The minimum atomic E-state index is 0.115. The van der Waals surface area contributed by atoms with E-state index in [0.717, 1.165) is 19.6 Å². The number of nitrogens with two attached hydrogens (primary N) is 1. The first-order valence-corrected chi connectivity index (χ1v) is 7.08. The molecule has 1 unspecified atom stereocenters. The number of thioether (sulfide) groups is 1. The highest BCUT2D eigenvalue weighted by Gasteiger charge is 2.12. The third-order valence-electron chi connectivity index (χ3n) is 2.57. The molecule has 0 aliphatic heterocycles. The van der Waals surface area contributed by atoms with Gasteiger partial charge in [-0.2, -0.15) is 11.8 Å². The molecular weight excluding hydrogens is 222 g/mol. The zero-order chi connectivity index (χ0) is 12.4. The summed E-state index contributed by atoms with van der Waals surface area (Å²) >= 11 is 1.98. The van der Waals surface area contributed by atoms with Crippen molar-refractivity contribution >= 4 is 17.6 Å². The second-order valence-electron chi connectivity index (χ2n) is 3.87. The molecule has 1 atom stereocenters. The Morgan fingerprint density at radius 1 is 1.50 bits per heavy atom. The molecule has 0 rings (SSSR count). The predicted octanol–water partition coefficient (Wildman–Crippen LogP) is 1.83. The normalized spacial score (nSPS) is 14.4. The topological polar surface area (TPSA) is 61.8 Å². The Morgan fingerprint density at radius 3 is 2.69 bits per heavy atom. The summed E-state index contributed by atoms with van der Waals surface area (Å²) in [5, 5.41) is 11.6. The van der Waals surface area contributed by atoms with E-state index in [-0.39, 0.29) is 5.92 Å². The lowest BCUT2D eigenvalue weighted by atomic mass is 10.1. The van der Waals surface area contributed by atoms with E-state index >= 15 is 0 Å². The van der Waals surface area contributed by atoms with E-state index in [2.05, 4.69) is 23.9 Å². The maximum atomic E-state index is 8.58. The third-order valence-corrected chi connectivity index (χ3v) is 3.55. The second-order valence-corrected chi connectivity index (χ2v) is 5.26. The number of amidine groups is 1. The monoisotopic (exact) mass is 247 g/mol. The van der Waals surface area contributed by atoms with Crippen molar-refractivity contribution in [2.75, 3.05) is 31.1 Å². The Hall–Kier alpha value is -0.420. The van der Waals surface area contributed by atoms with Crippen molar-refractivity contribution in [1.82, 2.24) is 4.90 Å². The van der Waals surface area contributed by atoms with E-state index in [0.29, 0.717) is 5.84 Å². The molecule has 0 aliphatic carbocycles.